The molecule has 6 rings (SSSR count). The summed E-state index contributed by atoms with van der Waals surface area (Å²) in [5.41, 5.74) is 10.4. The van der Waals surface area contributed by atoms with E-state index in [1.54, 1.807) is 19.2 Å². The van der Waals surface area contributed by atoms with E-state index in [0.717, 1.165) is 71.3 Å². The summed E-state index contributed by atoms with van der Waals surface area (Å²) < 4.78 is 20.2. The Morgan fingerprint density at radius 2 is 1.94 bits per heavy atom. The van der Waals surface area contributed by atoms with Crippen LogP contribution in [0.3, 0.4) is 0 Å². The van der Waals surface area contributed by atoms with Crippen LogP contribution < -0.4 is 10.7 Å². The van der Waals surface area contributed by atoms with Crippen molar-refractivity contribution < 1.29 is 23.8 Å². The summed E-state index contributed by atoms with van der Waals surface area (Å²) in [4.78, 5) is 37.5. The summed E-state index contributed by atoms with van der Waals surface area (Å²) in [5, 5.41) is 8.60. The molecule has 6 atom stereocenters. The number of nitrogens with one attached hydrogen (secondary N) is 2. The zero-order valence-corrected chi connectivity index (χ0v) is 34.2. The molecule has 2 aliphatic rings. The van der Waals surface area contributed by atoms with Crippen molar-refractivity contribution in [1.82, 2.24) is 30.3 Å². The van der Waals surface area contributed by atoms with Gasteiger partial charge >= 0.3 is 0 Å². The molecule has 54 heavy (non-hydrogen) atoms. The van der Waals surface area contributed by atoms with Gasteiger partial charge in [0.25, 0.3) is 5.91 Å². The lowest BCUT2D eigenvalue weighted by atomic mass is 9.84. The van der Waals surface area contributed by atoms with Crippen molar-refractivity contribution in [2.75, 3.05) is 34.0 Å². The van der Waals surface area contributed by atoms with Crippen LogP contribution in [0, 0.1) is 17.3 Å². The molecule has 4 heterocycles. The summed E-state index contributed by atoms with van der Waals surface area (Å²) >= 11 is 1.46. The second kappa shape index (κ2) is 17.0. The van der Waals surface area contributed by atoms with Crippen molar-refractivity contribution in [3.05, 3.63) is 58.2 Å². The van der Waals surface area contributed by atoms with E-state index < -0.39 is 12.1 Å². The van der Waals surface area contributed by atoms with E-state index in [2.05, 4.69) is 74.2 Å². The van der Waals surface area contributed by atoms with Gasteiger partial charge in [0.05, 0.1) is 29.8 Å². The number of hydrogen-bond donors (Lipinski definition) is 2. The third-order valence-electron chi connectivity index (χ3n) is 10.9. The smallest absolute Gasteiger partial charge is 0.262 e. The Labute approximate surface area is 324 Å². The molecule has 1 saturated heterocycles. The molecule has 12 heteroatoms. The highest BCUT2D eigenvalue weighted by Gasteiger charge is 2.44. The van der Waals surface area contributed by atoms with Crippen LogP contribution in [0.1, 0.15) is 96.2 Å². The maximum absolute atomic E-state index is 14.2. The predicted octanol–water partition coefficient (Wildman–Crippen LogP) is 7.50. The first-order valence-corrected chi connectivity index (χ1v) is 20.4. The molecule has 0 spiro atoms. The molecule has 0 radical (unpaired) electrons. The topological polar surface area (TPSA) is 120 Å². The van der Waals surface area contributed by atoms with Crippen molar-refractivity contribution in [3.8, 4) is 22.5 Å². The van der Waals surface area contributed by atoms with E-state index in [9.17, 15) is 9.59 Å². The fourth-order valence-electron chi connectivity index (χ4n) is 7.92. The number of benzene rings is 1. The van der Waals surface area contributed by atoms with Crippen molar-refractivity contribution in [1.29, 1.82) is 0 Å². The number of nitrogens with zero attached hydrogens (tertiary/aromatic N) is 4. The molecule has 0 unspecified atom stereocenters. The van der Waals surface area contributed by atoms with E-state index in [1.807, 2.05) is 31.5 Å². The number of amides is 2. The number of thiazole rings is 1. The molecule has 1 aliphatic carbocycles. The number of ether oxygens (including phenoxy) is 3. The van der Waals surface area contributed by atoms with Crippen LogP contribution in [0.15, 0.2) is 41.9 Å². The zero-order chi connectivity index (χ0) is 38.7. The molecule has 1 aromatic carbocycles. The number of pyridine rings is 1. The lowest BCUT2D eigenvalue weighted by Crippen LogP contribution is -2.59. The molecule has 4 aromatic rings. The molecule has 2 amide bonds. The minimum Gasteiger partial charge on any atom is -0.384 e. The lowest BCUT2D eigenvalue weighted by molar-refractivity contribution is -0.146. The monoisotopic (exact) mass is 758 g/mol. The molecular weight excluding hydrogens is 701 g/mol. The van der Waals surface area contributed by atoms with Crippen molar-refractivity contribution in [2.45, 2.75) is 105 Å². The van der Waals surface area contributed by atoms with Crippen LogP contribution in [0.4, 0.5) is 0 Å². The minimum atomic E-state index is -0.913. The van der Waals surface area contributed by atoms with Gasteiger partial charge in [0, 0.05) is 79.5 Å². The van der Waals surface area contributed by atoms with Crippen LogP contribution >= 0.6 is 11.3 Å². The maximum atomic E-state index is 14.2. The summed E-state index contributed by atoms with van der Waals surface area (Å²) in [6, 6.07) is 9.94. The number of aromatic nitrogens is 3. The maximum Gasteiger partial charge on any atom is 0.262 e. The fourth-order valence-corrected chi connectivity index (χ4v) is 8.83. The number of carbonyl (C=O) groups excluding carboxylic acids is 2. The Balaban J connectivity index is 1.43. The molecule has 1 aliphatic heterocycles. The fraction of sp³-hybridized carbons (Fsp3) is 0.571. The summed E-state index contributed by atoms with van der Waals surface area (Å²) in [6.07, 6.45) is 4.38. The van der Waals surface area contributed by atoms with Crippen molar-refractivity contribution in [3.63, 3.8) is 0 Å². The normalized spacial score (nSPS) is 20.5. The number of methoxy groups -OCH3 is 2. The third-order valence-corrected chi connectivity index (χ3v) is 11.8. The molecule has 1 saturated carbocycles. The van der Waals surface area contributed by atoms with Gasteiger partial charge in [-0.25, -0.2) is 10.4 Å². The number of hydrazine groups is 1. The number of aryl methyl sites for hydroxylation is 1. The van der Waals surface area contributed by atoms with Crippen LogP contribution in [0.5, 0.6) is 0 Å². The van der Waals surface area contributed by atoms with Gasteiger partial charge in [0.2, 0.25) is 5.91 Å². The Kier molecular flexibility index (Phi) is 12.6. The second-order valence-corrected chi connectivity index (χ2v) is 16.7. The van der Waals surface area contributed by atoms with Crippen LogP contribution in [0.25, 0.3) is 33.4 Å². The van der Waals surface area contributed by atoms with Gasteiger partial charge in [-0.05, 0) is 94.5 Å². The van der Waals surface area contributed by atoms with E-state index >= 15 is 0 Å². The van der Waals surface area contributed by atoms with E-state index in [0.29, 0.717) is 30.7 Å². The first kappa shape index (κ1) is 40.0. The van der Waals surface area contributed by atoms with Gasteiger partial charge < -0.3 is 24.1 Å². The Morgan fingerprint density at radius 3 is 2.61 bits per heavy atom. The van der Waals surface area contributed by atoms with Gasteiger partial charge in [-0.2, -0.15) is 0 Å². The van der Waals surface area contributed by atoms with Crippen LogP contribution in [-0.4, -0.2) is 77.4 Å². The average molecular weight is 759 g/mol. The Morgan fingerprint density at radius 1 is 1.17 bits per heavy atom. The number of hydrogen-bond acceptors (Lipinski definition) is 9. The molecular formula is C42H58N6O5S. The minimum absolute atomic E-state index is 0.0850. The standard InChI is InChI=1S/C42H58N6O5S/c1-10-47-34-17-16-28(21-31(34)32(22-42(6,7)24-51-8)37(47)29-15-12-18-43-35(29)27(5)52-9)33-23-54-40(44-33)38(53-11-2)36(45-39(49)30-20-25(30)3)41(50)48-19-13-14-26(4)46-48/h12,15-18,21,23,25-27,30,36,38,46H,10-11,13-14,19-20,22,24H2,1-9H3,(H,45,49)/t25-,26+,27-,30-,36-,38-/m0/s1. The molecule has 3 aromatic heterocycles. The van der Waals surface area contributed by atoms with Crippen LogP contribution in [0.2, 0.25) is 0 Å². The second-order valence-electron chi connectivity index (χ2n) is 15.8. The van der Waals surface area contributed by atoms with Crippen molar-refractivity contribution >= 4 is 34.1 Å². The SMILES string of the molecule is CCO[C@H](c1nc(-c2ccc3c(c2)c(CC(C)(C)COC)c(-c2cccnc2[C@H](C)OC)n3CC)cs1)[C@H](NC(=O)[C@H]1C[C@@H]1C)C(=O)N1CCC[C@@H](C)N1. The summed E-state index contributed by atoms with van der Waals surface area (Å²) in [6.45, 7) is 17.0. The van der Waals surface area contributed by atoms with Gasteiger partial charge in [-0.3, -0.25) is 19.6 Å². The first-order chi connectivity index (χ1) is 25.9. The molecule has 2 N–H and O–H groups in total. The Bertz CT molecular complexity index is 1940. The van der Waals surface area contributed by atoms with E-state index in [4.69, 9.17) is 24.2 Å². The highest BCUT2D eigenvalue weighted by atomic mass is 32.1. The molecule has 2 fully saturated rings. The number of carbonyl (C=O) groups is 2. The zero-order valence-electron chi connectivity index (χ0n) is 33.4. The lowest BCUT2D eigenvalue weighted by Gasteiger charge is -2.36. The van der Waals surface area contributed by atoms with Crippen molar-refractivity contribution in [2.24, 2.45) is 17.3 Å². The van der Waals surface area contributed by atoms with Gasteiger partial charge in [0.1, 0.15) is 17.2 Å². The van der Waals surface area contributed by atoms with Gasteiger partial charge in [0.15, 0.2) is 0 Å². The van der Waals surface area contributed by atoms with Gasteiger partial charge in [-0.15, -0.1) is 11.3 Å². The molecule has 292 valence electrons. The highest BCUT2D eigenvalue weighted by molar-refractivity contribution is 7.10. The Hall–Kier alpha value is -3.68. The molecule has 11 nitrogen and oxygen atoms in total. The first-order valence-electron chi connectivity index (χ1n) is 19.5. The van der Waals surface area contributed by atoms with Gasteiger partial charge in [-0.1, -0.05) is 26.8 Å². The van der Waals surface area contributed by atoms with E-state index in [-0.39, 0.29) is 35.3 Å². The van der Waals surface area contributed by atoms with E-state index in [1.165, 1.54) is 16.9 Å². The highest BCUT2D eigenvalue weighted by Crippen LogP contribution is 2.42. The number of rotatable bonds is 16. The largest absolute Gasteiger partial charge is 0.384 e. The predicted molar refractivity (Wildman–Crippen MR) is 214 cm³/mol. The third kappa shape index (κ3) is 8.43. The number of fused-ring (bicyclic) bond motifs is 1. The average Bonchev–Trinajstić information content (AvgIpc) is 3.56. The van der Waals surface area contributed by atoms with Crippen LogP contribution in [-0.2, 0) is 36.8 Å². The summed E-state index contributed by atoms with van der Waals surface area (Å²) in [7, 11) is 3.47. The summed E-state index contributed by atoms with van der Waals surface area (Å²) in [5.74, 6) is -0.0796. The molecule has 0 bridgehead atoms. The quantitative estimate of drug-likeness (QED) is 0.121.